The van der Waals surface area contributed by atoms with Crippen LogP contribution in [0.4, 0.5) is 11.4 Å². The molecule has 4 N–H and O–H groups in total. The number of nitrogens with one attached hydrogen (secondary N) is 2. The van der Waals surface area contributed by atoms with E-state index >= 15 is 0 Å². The molecule has 10 nitrogen and oxygen atoms in total. The molecule has 1 aromatic carbocycles. The number of hydrogen-bond donors (Lipinski definition) is 4. The lowest BCUT2D eigenvalue weighted by molar-refractivity contribution is -0.139. The van der Waals surface area contributed by atoms with E-state index in [1.54, 1.807) is 35.2 Å². The highest BCUT2D eigenvalue weighted by atomic mass is 16.3. The van der Waals surface area contributed by atoms with Gasteiger partial charge in [-0.1, -0.05) is 30.4 Å². The third kappa shape index (κ3) is 5.66. The number of benzene rings is 1. The Morgan fingerprint density at radius 1 is 1.43 bits per heavy atom. The summed E-state index contributed by atoms with van der Waals surface area (Å²) < 4.78 is 1.70. The minimum Gasteiger partial charge on any atom is -0.396 e. The molecule has 2 aromatic rings. The first kappa shape index (κ1) is 26.7. The van der Waals surface area contributed by atoms with Crippen molar-refractivity contribution in [2.45, 2.75) is 44.8 Å². The Morgan fingerprint density at radius 3 is 3.00 bits per heavy atom. The Labute approximate surface area is 217 Å². The van der Waals surface area contributed by atoms with E-state index in [0.29, 0.717) is 42.9 Å². The molecule has 0 saturated carbocycles. The number of aromatic nitrogens is 3. The molecule has 1 fully saturated rings. The zero-order valence-corrected chi connectivity index (χ0v) is 21.3. The molecular weight excluding hydrogens is 472 g/mol. The van der Waals surface area contributed by atoms with Crippen LogP contribution in [0.2, 0.25) is 0 Å². The SMILES string of the molecule is C=CCN1C(=O)[C@@](O)([C@@H](C)/C=C/CCn2cc(CCO)nn2)c2cc(NC(=O)C3CCCNC3)ccc21. The van der Waals surface area contributed by atoms with Gasteiger partial charge in [0.25, 0.3) is 5.91 Å². The van der Waals surface area contributed by atoms with Crippen LogP contribution >= 0.6 is 0 Å². The highest BCUT2D eigenvalue weighted by Gasteiger charge is 2.52. The first-order chi connectivity index (χ1) is 17.9. The van der Waals surface area contributed by atoms with Gasteiger partial charge in [-0.3, -0.25) is 14.3 Å². The van der Waals surface area contributed by atoms with Gasteiger partial charge in [-0.2, -0.15) is 0 Å². The number of amides is 2. The molecule has 3 atom stereocenters. The number of nitrogens with zero attached hydrogens (tertiary/aromatic N) is 4. The molecule has 1 unspecified atom stereocenters. The number of hydrogen-bond acceptors (Lipinski definition) is 7. The second-order valence-electron chi connectivity index (χ2n) is 9.69. The van der Waals surface area contributed by atoms with E-state index in [-0.39, 0.29) is 25.0 Å². The van der Waals surface area contributed by atoms with E-state index in [0.717, 1.165) is 25.1 Å². The molecule has 2 aliphatic rings. The fraction of sp³-hybridized carbons (Fsp3) is 0.481. The second kappa shape index (κ2) is 11.8. The fourth-order valence-corrected chi connectivity index (χ4v) is 4.98. The van der Waals surface area contributed by atoms with Crippen LogP contribution < -0.4 is 15.5 Å². The van der Waals surface area contributed by atoms with Gasteiger partial charge in [-0.05, 0) is 44.0 Å². The molecule has 2 aliphatic heterocycles. The Bertz CT molecular complexity index is 1160. The molecule has 37 heavy (non-hydrogen) atoms. The standard InChI is InChI=1S/C27H36N6O4/c1-3-13-33-24-10-9-21(29-25(35)20-8-6-12-28-17-20)16-23(24)27(37,26(33)36)19(2)7-4-5-14-32-18-22(11-15-34)30-31-32/h3-4,7,9-10,16,18-20,28,34,37H,1,5-6,8,11-15,17H2,2H3,(H,29,35)/b7-4+/t19-,20?,27+/m0/s1. The van der Waals surface area contributed by atoms with Crippen molar-refractivity contribution in [1.82, 2.24) is 20.3 Å². The summed E-state index contributed by atoms with van der Waals surface area (Å²) in [5, 5.41) is 35.1. The average molecular weight is 509 g/mol. The van der Waals surface area contributed by atoms with Gasteiger partial charge in [0.15, 0.2) is 5.60 Å². The molecule has 1 saturated heterocycles. The topological polar surface area (TPSA) is 133 Å². The van der Waals surface area contributed by atoms with E-state index in [9.17, 15) is 14.7 Å². The van der Waals surface area contributed by atoms with Crippen LogP contribution in [-0.4, -0.2) is 63.3 Å². The summed E-state index contributed by atoms with van der Waals surface area (Å²) in [5.41, 5.74) is 0.600. The minimum atomic E-state index is -1.77. The highest BCUT2D eigenvalue weighted by Crippen LogP contribution is 2.46. The maximum atomic E-state index is 13.5. The predicted octanol–water partition coefficient (Wildman–Crippen LogP) is 1.75. The van der Waals surface area contributed by atoms with Crippen molar-refractivity contribution in [3.63, 3.8) is 0 Å². The van der Waals surface area contributed by atoms with Crippen molar-refractivity contribution in [2.75, 3.05) is 36.5 Å². The summed E-state index contributed by atoms with van der Waals surface area (Å²) in [7, 11) is 0. The third-order valence-corrected chi connectivity index (χ3v) is 7.08. The van der Waals surface area contributed by atoms with Gasteiger partial charge < -0.3 is 25.7 Å². The predicted molar refractivity (Wildman–Crippen MR) is 141 cm³/mol. The Morgan fingerprint density at radius 2 is 2.27 bits per heavy atom. The summed E-state index contributed by atoms with van der Waals surface area (Å²) in [6.07, 6.45) is 10.1. The lowest BCUT2D eigenvalue weighted by Gasteiger charge is -2.27. The fourth-order valence-electron chi connectivity index (χ4n) is 4.98. The third-order valence-electron chi connectivity index (χ3n) is 7.08. The van der Waals surface area contributed by atoms with Gasteiger partial charge in [0, 0.05) is 56.0 Å². The summed E-state index contributed by atoms with van der Waals surface area (Å²) in [6.45, 7) is 8.01. The number of anilines is 2. The van der Waals surface area contributed by atoms with Gasteiger partial charge in [0.2, 0.25) is 5.91 Å². The van der Waals surface area contributed by atoms with Crippen LogP contribution in [0.3, 0.4) is 0 Å². The van der Waals surface area contributed by atoms with Crippen LogP contribution in [-0.2, 0) is 28.2 Å². The number of aliphatic hydroxyl groups excluding tert-OH is 1. The van der Waals surface area contributed by atoms with E-state index in [2.05, 4.69) is 27.5 Å². The normalized spacial score (nSPS) is 22.3. The van der Waals surface area contributed by atoms with Crippen molar-refractivity contribution in [1.29, 1.82) is 0 Å². The minimum absolute atomic E-state index is 0.0241. The largest absolute Gasteiger partial charge is 0.396 e. The lowest BCUT2D eigenvalue weighted by atomic mass is 9.82. The molecule has 198 valence electrons. The maximum absolute atomic E-state index is 13.5. The number of aliphatic hydroxyl groups is 2. The first-order valence-corrected chi connectivity index (χ1v) is 12.9. The zero-order chi connectivity index (χ0) is 26.4. The highest BCUT2D eigenvalue weighted by molar-refractivity contribution is 6.08. The molecule has 10 heteroatoms. The maximum Gasteiger partial charge on any atom is 0.264 e. The van der Waals surface area contributed by atoms with Crippen LogP contribution in [0.5, 0.6) is 0 Å². The molecular formula is C27H36N6O4. The van der Waals surface area contributed by atoms with Crippen LogP contribution in [0.15, 0.2) is 49.2 Å². The van der Waals surface area contributed by atoms with Gasteiger partial charge in [0.1, 0.15) is 0 Å². The van der Waals surface area contributed by atoms with E-state index < -0.39 is 17.4 Å². The molecule has 3 heterocycles. The van der Waals surface area contributed by atoms with Gasteiger partial charge in [-0.25, -0.2) is 0 Å². The quantitative estimate of drug-likeness (QED) is 0.340. The van der Waals surface area contributed by atoms with Crippen molar-refractivity contribution in [2.24, 2.45) is 11.8 Å². The molecule has 0 radical (unpaired) electrons. The number of allylic oxidation sites excluding steroid dienone is 1. The number of aryl methyl sites for hydroxylation is 1. The van der Waals surface area contributed by atoms with Gasteiger partial charge in [0.05, 0.1) is 17.3 Å². The van der Waals surface area contributed by atoms with Gasteiger partial charge >= 0.3 is 0 Å². The molecule has 2 amide bonds. The second-order valence-corrected chi connectivity index (χ2v) is 9.69. The molecule has 0 bridgehead atoms. The Kier molecular flexibility index (Phi) is 8.52. The molecule has 0 spiro atoms. The number of piperidine rings is 1. The molecule has 1 aromatic heterocycles. The zero-order valence-electron chi connectivity index (χ0n) is 21.3. The summed E-state index contributed by atoms with van der Waals surface area (Å²) in [5.74, 6) is -1.11. The lowest BCUT2D eigenvalue weighted by Crippen LogP contribution is -2.44. The van der Waals surface area contributed by atoms with Crippen molar-refractivity contribution < 1.29 is 19.8 Å². The van der Waals surface area contributed by atoms with E-state index in [4.69, 9.17) is 5.11 Å². The number of rotatable bonds is 11. The summed E-state index contributed by atoms with van der Waals surface area (Å²) in [6, 6.07) is 5.26. The van der Waals surface area contributed by atoms with Crippen LogP contribution in [0.25, 0.3) is 0 Å². The average Bonchev–Trinajstić information content (AvgIpc) is 3.44. The number of carbonyl (C=O) groups excluding carboxylic acids is 2. The van der Waals surface area contributed by atoms with E-state index in [1.807, 2.05) is 19.1 Å². The van der Waals surface area contributed by atoms with Gasteiger partial charge in [-0.15, -0.1) is 11.7 Å². The van der Waals surface area contributed by atoms with Crippen molar-refractivity contribution >= 4 is 23.2 Å². The van der Waals surface area contributed by atoms with Crippen molar-refractivity contribution in [3.05, 3.63) is 60.5 Å². The molecule has 0 aliphatic carbocycles. The molecule has 4 rings (SSSR count). The Balaban J connectivity index is 1.51. The first-order valence-electron chi connectivity index (χ1n) is 12.9. The Hall–Kier alpha value is -3.34. The van der Waals surface area contributed by atoms with Crippen LogP contribution in [0, 0.1) is 11.8 Å². The monoisotopic (exact) mass is 508 g/mol. The summed E-state index contributed by atoms with van der Waals surface area (Å²) >= 11 is 0. The van der Waals surface area contributed by atoms with Crippen molar-refractivity contribution in [3.8, 4) is 0 Å². The van der Waals surface area contributed by atoms with Crippen LogP contribution in [0.1, 0.15) is 37.4 Å². The number of carbonyl (C=O) groups is 2. The summed E-state index contributed by atoms with van der Waals surface area (Å²) in [4.78, 5) is 27.8. The smallest absolute Gasteiger partial charge is 0.264 e. The number of fused-ring (bicyclic) bond motifs is 1. The van der Waals surface area contributed by atoms with E-state index in [1.165, 1.54) is 4.90 Å².